The van der Waals surface area contributed by atoms with E-state index in [9.17, 15) is 0 Å². The van der Waals surface area contributed by atoms with E-state index in [4.69, 9.17) is 5.26 Å². The van der Waals surface area contributed by atoms with Gasteiger partial charge < -0.3 is 5.32 Å². The van der Waals surface area contributed by atoms with E-state index in [0.29, 0.717) is 12.1 Å². The SMILES string of the molecule is CC1=NCc2ccnc(NCc3ccc(C#N)cc3)c21. The van der Waals surface area contributed by atoms with Crippen LogP contribution in [0.25, 0.3) is 0 Å². The number of aliphatic imine (C=N–C) groups is 1. The van der Waals surface area contributed by atoms with Crippen LogP contribution in [0.15, 0.2) is 41.5 Å². The normalized spacial score (nSPS) is 12.5. The quantitative estimate of drug-likeness (QED) is 0.925. The van der Waals surface area contributed by atoms with Crippen LogP contribution in [0, 0.1) is 11.3 Å². The van der Waals surface area contributed by atoms with Crippen molar-refractivity contribution in [3.8, 4) is 6.07 Å². The predicted octanol–water partition coefficient (Wildman–Crippen LogP) is 2.89. The first-order chi connectivity index (χ1) is 9.78. The third-order valence-corrected chi connectivity index (χ3v) is 3.43. The van der Waals surface area contributed by atoms with Gasteiger partial charge in [-0.3, -0.25) is 4.99 Å². The third kappa shape index (κ3) is 2.26. The van der Waals surface area contributed by atoms with E-state index < -0.39 is 0 Å². The third-order valence-electron chi connectivity index (χ3n) is 3.43. The Morgan fingerprint density at radius 1 is 1.25 bits per heavy atom. The molecule has 0 saturated heterocycles. The number of anilines is 1. The van der Waals surface area contributed by atoms with Gasteiger partial charge in [0.2, 0.25) is 0 Å². The highest BCUT2D eigenvalue weighted by molar-refractivity contribution is 6.05. The number of nitriles is 1. The Balaban J connectivity index is 1.78. The van der Waals surface area contributed by atoms with Crippen molar-refractivity contribution in [1.29, 1.82) is 5.26 Å². The summed E-state index contributed by atoms with van der Waals surface area (Å²) in [5.74, 6) is 0.880. The molecule has 0 saturated carbocycles. The molecule has 1 N–H and O–H groups in total. The van der Waals surface area contributed by atoms with Crippen molar-refractivity contribution < 1.29 is 0 Å². The highest BCUT2D eigenvalue weighted by Gasteiger charge is 2.16. The topological polar surface area (TPSA) is 61.1 Å². The largest absolute Gasteiger partial charge is 0.365 e. The molecule has 98 valence electrons. The van der Waals surface area contributed by atoms with Gasteiger partial charge in [0, 0.05) is 24.0 Å². The summed E-state index contributed by atoms with van der Waals surface area (Å²) >= 11 is 0. The van der Waals surface area contributed by atoms with Crippen LogP contribution in [0.5, 0.6) is 0 Å². The fourth-order valence-corrected chi connectivity index (χ4v) is 2.34. The molecule has 1 aliphatic heterocycles. The number of fused-ring (bicyclic) bond motifs is 1. The van der Waals surface area contributed by atoms with Crippen LogP contribution in [0.2, 0.25) is 0 Å². The zero-order valence-corrected chi connectivity index (χ0v) is 11.2. The van der Waals surface area contributed by atoms with Gasteiger partial charge in [-0.2, -0.15) is 5.26 Å². The summed E-state index contributed by atoms with van der Waals surface area (Å²) in [6.45, 7) is 3.44. The summed E-state index contributed by atoms with van der Waals surface area (Å²) in [4.78, 5) is 8.85. The lowest BCUT2D eigenvalue weighted by molar-refractivity contribution is 1.07. The average Bonchev–Trinajstić information content (AvgIpc) is 2.88. The first kappa shape index (κ1) is 12.4. The number of rotatable bonds is 3. The number of nitrogens with zero attached hydrogens (tertiary/aromatic N) is 3. The fourth-order valence-electron chi connectivity index (χ4n) is 2.34. The second kappa shape index (κ2) is 5.14. The number of hydrogen-bond donors (Lipinski definition) is 1. The molecule has 4 nitrogen and oxygen atoms in total. The summed E-state index contributed by atoms with van der Waals surface area (Å²) < 4.78 is 0. The van der Waals surface area contributed by atoms with E-state index in [1.165, 1.54) is 5.56 Å². The van der Waals surface area contributed by atoms with Gasteiger partial charge in [0.15, 0.2) is 0 Å². The molecule has 0 amide bonds. The van der Waals surface area contributed by atoms with Crippen LogP contribution in [0.1, 0.15) is 29.2 Å². The van der Waals surface area contributed by atoms with Crippen molar-refractivity contribution in [3.63, 3.8) is 0 Å². The molecule has 1 aromatic carbocycles. The predicted molar refractivity (Wildman–Crippen MR) is 78.6 cm³/mol. The molecular formula is C16H14N4. The van der Waals surface area contributed by atoms with Crippen molar-refractivity contribution in [2.45, 2.75) is 20.0 Å². The first-order valence-corrected chi connectivity index (χ1v) is 6.50. The second-order valence-electron chi connectivity index (χ2n) is 4.76. The number of pyridine rings is 1. The lowest BCUT2D eigenvalue weighted by Crippen LogP contribution is -2.07. The molecule has 3 rings (SSSR count). The highest BCUT2D eigenvalue weighted by atomic mass is 15.0. The average molecular weight is 262 g/mol. The van der Waals surface area contributed by atoms with E-state index in [1.807, 2.05) is 43.5 Å². The van der Waals surface area contributed by atoms with Gasteiger partial charge in [0.1, 0.15) is 5.82 Å². The minimum atomic E-state index is 0.676. The molecule has 0 atom stereocenters. The van der Waals surface area contributed by atoms with Crippen molar-refractivity contribution in [1.82, 2.24) is 4.98 Å². The standard InChI is InChI=1S/C16H14N4/c1-11-15-14(10-19-11)6-7-18-16(15)20-9-13-4-2-12(8-17)3-5-13/h2-7H,9-10H2,1H3,(H,18,20). The molecular weight excluding hydrogens is 248 g/mol. The molecule has 1 aliphatic rings. The Bertz CT molecular complexity index is 708. The van der Waals surface area contributed by atoms with Crippen LogP contribution in [0.4, 0.5) is 5.82 Å². The molecule has 0 bridgehead atoms. The highest BCUT2D eigenvalue weighted by Crippen LogP contribution is 2.24. The van der Waals surface area contributed by atoms with Crippen LogP contribution < -0.4 is 5.32 Å². The summed E-state index contributed by atoms with van der Waals surface area (Å²) in [7, 11) is 0. The van der Waals surface area contributed by atoms with E-state index in [0.717, 1.165) is 29.2 Å². The summed E-state index contributed by atoms with van der Waals surface area (Å²) in [6.07, 6.45) is 1.81. The maximum absolute atomic E-state index is 8.78. The van der Waals surface area contributed by atoms with Gasteiger partial charge in [0.05, 0.1) is 18.2 Å². The number of benzene rings is 1. The molecule has 4 heteroatoms. The first-order valence-electron chi connectivity index (χ1n) is 6.50. The van der Waals surface area contributed by atoms with Crippen LogP contribution in [-0.2, 0) is 13.1 Å². The lowest BCUT2D eigenvalue weighted by Gasteiger charge is -2.10. The summed E-state index contributed by atoms with van der Waals surface area (Å²) in [6, 6.07) is 11.7. The number of hydrogen-bond acceptors (Lipinski definition) is 4. The zero-order chi connectivity index (χ0) is 13.9. The molecule has 2 aromatic rings. The Kier molecular flexibility index (Phi) is 3.18. The molecule has 0 spiro atoms. The molecule has 0 unspecified atom stereocenters. The molecule has 2 heterocycles. The van der Waals surface area contributed by atoms with Crippen LogP contribution in [0.3, 0.4) is 0 Å². The Morgan fingerprint density at radius 3 is 2.80 bits per heavy atom. The number of aromatic nitrogens is 1. The minimum Gasteiger partial charge on any atom is -0.365 e. The smallest absolute Gasteiger partial charge is 0.135 e. The molecule has 0 radical (unpaired) electrons. The fraction of sp³-hybridized carbons (Fsp3) is 0.188. The van der Waals surface area contributed by atoms with E-state index in [-0.39, 0.29) is 0 Å². The maximum Gasteiger partial charge on any atom is 0.135 e. The molecule has 0 fully saturated rings. The van der Waals surface area contributed by atoms with Gasteiger partial charge in [-0.05, 0) is 36.2 Å². The van der Waals surface area contributed by atoms with E-state index in [2.05, 4.69) is 21.4 Å². The van der Waals surface area contributed by atoms with E-state index in [1.54, 1.807) is 0 Å². The molecule has 20 heavy (non-hydrogen) atoms. The maximum atomic E-state index is 8.78. The van der Waals surface area contributed by atoms with Crippen LogP contribution in [-0.4, -0.2) is 10.7 Å². The molecule has 1 aromatic heterocycles. The lowest BCUT2D eigenvalue weighted by atomic mass is 10.1. The van der Waals surface area contributed by atoms with Gasteiger partial charge in [-0.25, -0.2) is 4.98 Å². The monoisotopic (exact) mass is 262 g/mol. The minimum absolute atomic E-state index is 0.676. The van der Waals surface area contributed by atoms with Crippen molar-refractivity contribution >= 4 is 11.5 Å². The van der Waals surface area contributed by atoms with Gasteiger partial charge >= 0.3 is 0 Å². The number of nitrogens with one attached hydrogen (secondary N) is 1. The van der Waals surface area contributed by atoms with Gasteiger partial charge in [-0.1, -0.05) is 12.1 Å². The second-order valence-corrected chi connectivity index (χ2v) is 4.76. The van der Waals surface area contributed by atoms with Gasteiger partial charge in [0.25, 0.3) is 0 Å². The Morgan fingerprint density at radius 2 is 2.05 bits per heavy atom. The van der Waals surface area contributed by atoms with E-state index >= 15 is 0 Å². The Labute approximate surface area is 117 Å². The summed E-state index contributed by atoms with van der Waals surface area (Å²) in [5.41, 5.74) is 5.18. The van der Waals surface area contributed by atoms with Crippen molar-refractivity contribution in [2.24, 2.45) is 4.99 Å². The van der Waals surface area contributed by atoms with Crippen molar-refractivity contribution in [2.75, 3.05) is 5.32 Å². The van der Waals surface area contributed by atoms with Crippen molar-refractivity contribution in [3.05, 3.63) is 58.8 Å². The zero-order valence-electron chi connectivity index (χ0n) is 11.2. The molecule has 0 aliphatic carbocycles. The van der Waals surface area contributed by atoms with Crippen LogP contribution >= 0.6 is 0 Å². The Hall–Kier alpha value is -2.67. The summed E-state index contributed by atoms with van der Waals surface area (Å²) in [5, 5.41) is 12.1. The van der Waals surface area contributed by atoms with Gasteiger partial charge in [-0.15, -0.1) is 0 Å².